The lowest BCUT2D eigenvalue weighted by Gasteiger charge is -2.34. The van der Waals surface area contributed by atoms with E-state index in [-0.39, 0.29) is 7.43 Å². The van der Waals surface area contributed by atoms with Crippen molar-refractivity contribution in [3.8, 4) is 0 Å². The Kier molecular flexibility index (Phi) is 17.1. The molecule has 216 valence electrons. The van der Waals surface area contributed by atoms with Crippen LogP contribution < -0.4 is 16.0 Å². The van der Waals surface area contributed by atoms with Crippen molar-refractivity contribution in [2.75, 3.05) is 39.4 Å². The molecule has 4 atom stereocenters. The van der Waals surface area contributed by atoms with Crippen LogP contribution in [0.4, 0.5) is 0 Å². The molecule has 2 aliphatic heterocycles. The second-order valence-electron chi connectivity index (χ2n) is 12.7. The normalized spacial score (nSPS) is 24.9. The molecule has 0 amide bonds. The number of hydrogen-bond acceptors (Lipinski definition) is 5. The lowest BCUT2D eigenvalue weighted by atomic mass is 9.85. The minimum atomic E-state index is 0. The minimum absolute atomic E-state index is 0. The summed E-state index contributed by atoms with van der Waals surface area (Å²) in [6.07, 6.45) is 16.1. The average Bonchev–Trinajstić information content (AvgIpc) is 3.31. The molecule has 3 fully saturated rings. The van der Waals surface area contributed by atoms with E-state index in [1.165, 1.54) is 90.3 Å². The summed E-state index contributed by atoms with van der Waals surface area (Å²) in [5.74, 6) is 0.999. The summed E-state index contributed by atoms with van der Waals surface area (Å²) in [5.41, 5.74) is 0.300. The van der Waals surface area contributed by atoms with E-state index in [2.05, 4.69) is 60.4 Å². The number of piperidine rings is 1. The van der Waals surface area contributed by atoms with Gasteiger partial charge in [0.15, 0.2) is 0 Å². The highest BCUT2D eigenvalue weighted by Gasteiger charge is 2.27. The Morgan fingerprint density at radius 2 is 1.58 bits per heavy atom. The van der Waals surface area contributed by atoms with Crippen molar-refractivity contribution in [2.24, 2.45) is 11.3 Å². The van der Waals surface area contributed by atoms with Gasteiger partial charge in [-0.15, -0.1) is 0 Å². The summed E-state index contributed by atoms with van der Waals surface area (Å²) in [7, 11) is 0. The van der Waals surface area contributed by atoms with E-state index < -0.39 is 0 Å². The third kappa shape index (κ3) is 12.6. The molecular formula is C31H67N5. The fraction of sp³-hybridized carbons (Fsp3) is 1.00. The zero-order valence-corrected chi connectivity index (χ0v) is 24.8. The summed E-state index contributed by atoms with van der Waals surface area (Å²) in [5, 5.41) is 11.6. The SMILES string of the molecule is C.CC.CC(CN1CNC(NCC(CCCC2CCCCC2)NC(C)C(C)(C)C)C1)N1CCCCC1. The van der Waals surface area contributed by atoms with Crippen LogP contribution in [0.3, 0.4) is 0 Å². The molecule has 3 aliphatic rings. The van der Waals surface area contributed by atoms with E-state index in [0.29, 0.717) is 29.7 Å². The standard InChI is InChI=1S/C28H57N5.C2H6.CH4/c1-23(33-17-10-7-11-18-33)20-32-21-27(30-22-32)29-19-26(31-24(2)28(3,4)5)16-12-15-25-13-8-6-9-14-25;1-2;/h23-27,29-31H,6-22H2,1-5H3;1-2H3;1H4. The molecule has 2 heterocycles. The van der Waals surface area contributed by atoms with Gasteiger partial charge >= 0.3 is 0 Å². The molecule has 2 saturated heterocycles. The second kappa shape index (κ2) is 18.2. The third-order valence-corrected chi connectivity index (χ3v) is 8.82. The van der Waals surface area contributed by atoms with Gasteiger partial charge in [0.05, 0.1) is 6.17 Å². The molecular weight excluding hydrogens is 442 g/mol. The summed E-state index contributed by atoms with van der Waals surface area (Å²) in [4.78, 5) is 5.31. The lowest BCUT2D eigenvalue weighted by Crippen LogP contribution is -2.51. The predicted molar refractivity (Wildman–Crippen MR) is 161 cm³/mol. The van der Waals surface area contributed by atoms with Crippen LogP contribution in [0, 0.1) is 11.3 Å². The molecule has 5 heteroatoms. The first kappa shape index (κ1) is 33.8. The Balaban J connectivity index is 0.00000211. The molecule has 1 saturated carbocycles. The van der Waals surface area contributed by atoms with Crippen LogP contribution in [0.5, 0.6) is 0 Å². The van der Waals surface area contributed by atoms with Gasteiger partial charge in [-0.25, -0.2) is 0 Å². The third-order valence-electron chi connectivity index (χ3n) is 8.82. The molecule has 3 N–H and O–H groups in total. The molecule has 36 heavy (non-hydrogen) atoms. The Hall–Kier alpha value is -0.200. The first-order valence-electron chi connectivity index (χ1n) is 15.5. The lowest BCUT2D eigenvalue weighted by molar-refractivity contribution is 0.137. The van der Waals surface area contributed by atoms with Crippen molar-refractivity contribution in [2.45, 2.75) is 151 Å². The largest absolute Gasteiger partial charge is 0.310 e. The van der Waals surface area contributed by atoms with E-state index in [4.69, 9.17) is 0 Å². The van der Waals surface area contributed by atoms with E-state index in [1.807, 2.05) is 13.8 Å². The minimum Gasteiger partial charge on any atom is -0.310 e. The van der Waals surface area contributed by atoms with Crippen LogP contribution in [-0.4, -0.2) is 73.5 Å². The van der Waals surface area contributed by atoms with Gasteiger partial charge in [-0.2, -0.15) is 0 Å². The van der Waals surface area contributed by atoms with Crippen molar-refractivity contribution >= 4 is 0 Å². The topological polar surface area (TPSA) is 42.6 Å². The molecule has 3 rings (SSSR count). The van der Waals surface area contributed by atoms with Gasteiger partial charge in [0.25, 0.3) is 0 Å². The molecule has 0 aromatic rings. The number of nitrogens with zero attached hydrogens (tertiary/aromatic N) is 2. The number of rotatable bonds is 12. The molecule has 0 aromatic heterocycles. The Morgan fingerprint density at radius 1 is 0.944 bits per heavy atom. The van der Waals surface area contributed by atoms with Crippen LogP contribution in [0.1, 0.15) is 127 Å². The van der Waals surface area contributed by atoms with Crippen molar-refractivity contribution in [3.63, 3.8) is 0 Å². The monoisotopic (exact) mass is 510 g/mol. The highest BCUT2D eigenvalue weighted by Crippen LogP contribution is 2.28. The Labute approximate surface area is 227 Å². The maximum absolute atomic E-state index is 3.99. The summed E-state index contributed by atoms with van der Waals surface area (Å²) < 4.78 is 0. The van der Waals surface area contributed by atoms with Crippen LogP contribution in [-0.2, 0) is 0 Å². The summed E-state index contributed by atoms with van der Waals surface area (Å²) in [6, 6.07) is 1.76. The molecule has 0 spiro atoms. The maximum Gasteiger partial charge on any atom is 0.0713 e. The number of hydrogen-bond donors (Lipinski definition) is 3. The van der Waals surface area contributed by atoms with Crippen LogP contribution >= 0.6 is 0 Å². The molecule has 0 radical (unpaired) electrons. The van der Waals surface area contributed by atoms with Gasteiger partial charge in [0, 0.05) is 44.4 Å². The van der Waals surface area contributed by atoms with E-state index in [1.54, 1.807) is 0 Å². The number of likely N-dealkylation sites (tertiary alicyclic amines) is 1. The summed E-state index contributed by atoms with van der Waals surface area (Å²) in [6.45, 7) is 22.9. The fourth-order valence-corrected chi connectivity index (χ4v) is 6.01. The zero-order valence-electron chi connectivity index (χ0n) is 24.8. The van der Waals surface area contributed by atoms with Gasteiger partial charge in [0.1, 0.15) is 0 Å². The Morgan fingerprint density at radius 3 is 2.22 bits per heavy atom. The van der Waals surface area contributed by atoms with Crippen LogP contribution in [0.25, 0.3) is 0 Å². The molecule has 4 unspecified atom stereocenters. The Bertz CT molecular complexity index is 522. The predicted octanol–water partition coefficient (Wildman–Crippen LogP) is 6.44. The van der Waals surface area contributed by atoms with Crippen molar-refractivity contribution < 1.29 is 0 Å². The first-order chi connectivity index (χ1) is 16.8. The maximum atomic E-state index is 3.99. The average molecular weight is 510 g/mol. The number of nitrogens with one attached hydrogen (secondary N) is 3. The quantitative estimate of drug-likeness (QED) is 0.282. The highest BCUT2D eigenvalue weighted by atomic mass is 15.4. The van der Waals surface area contributed by atoms with Crippen LogP contribution in [0.2, 0.25) is 0 Å². The van der Waals surface area contributed by atoms with Gasteiger partial charge in [-0.1, -0.05) is 93.4 Å². The highest BCUT2D eigenvalue weighted by molar-refractivity contribution is 4.86. The molecule has 0 bridgehead atoms. The van der Waals surface area contributed by atoms with Gasteiger partial charge < -0.3 is 5.32 Å². The second-order valence-corrected chi connectivity index (χ2v) is 12.7. The molecule has 5 nitrogen and oxygen atoms in total. The first-order valence-corrected chi connectivity index (χ1v) is 15.5. The van der Waals surface area contributed by atoms with E-state index in [9.17, 15) is 0 Å². The van der Waals surface area contributed by atoms with Crippen molar-refractivity contribution in [1.29, 1.82) is 0 Å². The van der Waals surface area contributed by atoms with E-state index >= 15 is 0 Å². The summed E-state index contributed by atoms with van der Waals surface area (Å²) >= 11 is 0. The van der Waals surface area contributed by atoms with Crippen molar-refractivity contribution in [1.82, 2.24) is 25.8 Å². The van der Waals surface area contributed by atoms with Crippen LogP contribution in [0.15, 0.2) is 0 Å². The van der Waals surface area contributed by atoms with Gasteiger partial charge in [-0.05, 0) is 57.5 Å². The molecule has 1 aliphatic carbocycles. The smallest absolute Gasteiger partial charge is 0.0713 e. The van der Waals surface area contributed by atoms with Gasteiger partial charge in [0.2, 0.25) is 0 Å². The zero-order chi connectivity index (χ0) is 25.7. The van der Waals surface area contributed by atoms with Crippen molar-refractivity contribution in [3.05, 3.63) is 0 Å². The fourth-order valence-electron chi connectivity index (χ4n) is 6.01. The van der Waals surface area contributed by atoms with Gasteiger partial charge in [-0.3, -0.25) is 20.4 Å². The molecule has 0 aromatic carbocycles. The van der Waals surface area contributed by atoms with E-state index in [0.717, 1.165) is 25.7 Å².